The molecule has 1 atom stereocenters. The number of carbonyl (C=O) groups is 3. The molecule has 0 aromatic rings. The number of nitrogens with one attached hydrogen (secondary N) is 1. The average molecular weight is 251 g/mol. The summed E-state index contributed by atoms with van der Waals surface area (Å²) in [7, 11) is 0. The molecule has 0 aromatic heterocycles. The second-order valence-electron chi connectivity index (χ2n) is 3.18. The van der Waals surface area contributed by atoms with Gasteiger partial charge in [-0.3, -0.25) is 9.59 Å². The highest BCUT2D eigenvalue weighted by Gasteiger charge is 2.41. The van der Waals surface area contributed by atoms with Crippen LogP contribution in [0.3, 0.4) is 0 Å². The van der Waals surface area contributed by atoms with Crippen LogP contribution in [0.1, 0.15) is 12.8 Å². The van der Waals surface area contributed by atoms with Gasteiger partial charge in [-0.25, -0.2) is 4.79 Å². The van der Waals surface area contributed by atoms with Crippen LogP contribution in [-0.4, -0.2) is 57.1 Å². The van der Waals surface area contributed by atoms with Gasteiger partial charge in [0.2, 0.25) is 0 Å². The summed E-state index contributed by atoms with van der Waals surface area (Å²) in [5.74, 6) is -4.55. The molecule has 0 saturated carbocycles. The smallest absolute Gasteiger partial charge is 0.336 e. The first-order valence-electron chi connectivity index (χ1n) is 4.53. The highest BCUT2D eigenvalue weighted by molar-refractivity contribution is 5.88. The molecule has 0 fully saturated rings. The van der Waals surface area contributed by atoms with Gasteiger partial charge in [0.05, 0.1) is 26.0 Å². The molecule has 0 bridgehead atoms. The number of aliphatic hydroxyl groups is 2. The van der Waals surface area contributed by atoms with Gasteiger partial charge in [0.1, 0.15) is 0 Å². The molecule has 17 heavy (non-hydrogen) atoms. The Labute approximate surface area is 95.6 Å². The lowest BCUT2D eigenvalue weighted by Crippen LogP contribution is -2.43. The van der Waals surface area contributed by atoms with Crippen LogP contribution in [0.2, 0.25) is 0 Å². The van der Waals surface area contributed by atoms with Crippen molar-refractivity contribution in [3.05, 3.63) is 0 Å². The number of aliphatic carboxylic acids is 2. The normalized spacial score (nSPS) is 13.8. The maximum atomic E-state index is 11.0. The van der Waals surface area contributed by atoms with Gasteiger partial charge in [-0.1, -0.05) is 0 Å². The summed E-state index contributed by atoms with van der Waals surface area (Å²) in [5.41, 5.74) is -0.720. The van der Waals surface area contributed by atoms with Gasteiger partial charge in [-0.2, -0.15) is 5.48 Å². The standard InChI is InChI=1S/C8H13NO8/c10-2-1-9-17-6(13)4-8(16,7(14)15)3-5(11)12/h9-10,16H,1-4H2,(H,11,12)(H,14,15). The Balaban J connectivity index is 4.39. The summed E-state index contributed by atoms with van der Waals surface area (Å²) in [6.45, 7) is -0.387. The predicted octanol–water partition coefficient (Wildman–Crippen LogP) is -2.29. The summed E-state index contributed by atoms with van der Waals surface area (Å²) in [6, 6.07) is 0. The number of carboxylic acids is 2. The maximum Gasteiger partial charge on any atom is 0.336 e. The summed E-state index contributed by atoms with van der Waals surface area (Å²) >= 11 is 0. The Morgan fingerprint density at radius 3 is 2.18 bits per heavy atom. The van der Waals surface area contributed by atoms with E-state index in [1.807, 2.05) is 5.48 Å². The molecule has 0 radical (unpaired) electrons. The lowest BCUT2D eigenvalue weighted by Gasteiger charge is -2.19. The van der Waals surface area contributed by atoms with Crippen molar-refractivity contribution in [2.75, 3.05) is 13.2 Å². The molecule has 0 saturated heterocycles. The maximum absolute atomic E-state index is 11.0. The minimum Gasteiger partial charge on any atom is -0.481 e. The van der Waals surface area contributed by atoms with E-state index < -0.39 is 36.4 Å². The Morgan fingerprint density at radius 2 is 1.76 bits per heavy atom. The highest BCUT2D eigenvalue weighted by atomic mass is 16.7. The lowest BCUT2D eigenvalue weighted by atomic mass is 9.96. The van der Waals surface area contributed by atoms with E-state index in [0.717, 1.165) is 0 Å². The molecule has 0 aliphatic heterocycles. The van der Waals surface area contributed by atoms with Crippen LogP contribution >= 0.6 is 0 Å². The SMILES string of the molecule is O=C(O)CC(O)(CC(=O)ONCCO)C(=O)O. The molecule has 0 aliphatic carbocycles. The monoisotopic (exact) mass is 251 g/mol. The molecule has 0 aromatic carbocycles. The summed E-state index contributed by atoms with van der Waals surface area (Å²) in [6.07, 6.45) is -2.15. The first kappa shape index (κ1) is 15.3. The molecule has 5 N–H and O–H groups in total. The topological polar surface area (TPSA) is 153 Å². The molecule has 0 amide bonds. The third-order valence-corrected chi connectivity index (χ3v) is 1.68. The molecular weight excluding hydrogens is 238 g/mol. The molecule has 0 aliphatic rings. The Bertz CT molecular complexity index is 304. The molecule has 0 rings (SSSR count). The van der Waals surface area contributed by atoms with Crippen LogP contribution in [0.15, 0.2) is 0 Å². The van der Waals surface area contributed by atoms with Crippen molar-refractivity contribution in [1.29, 1.82) is 0 Å². The van der Waals surface area contributed by atoms with Gasteiger partial charge in [-0.05, 0) is 0 Å². The van der Waals surface area contributed by atoms with Crippen molar-refractivity contribution in [1.82, 2.24) is 5.48 Å². The first-order valence-corrected chi connectivity index (χ1v) is 4.53. The van der Waals surface area contributed by atoms with E-state index in [1.54, 1.807) is 0 Å². The zero-order chi connectivity index (χ0) is 13.5. The lowest BCUT2D eigenvalue weighted by molar-refractivity contribution is -0.174. The molecule has 9 nitrogen and oxygen atoms in total. The van der Waals surface area contributed by atoms with Crippen molar-refractivity contribution in [3.8, 4) is 0 Å². The molecule has 1 unspecified atom stereocenters. The van der Waals surface area contributed by atoms with E-state index in [4.69, 9.17) is 15.3 Å². The van der Waals surface area contributed by atoms with Gasteiger partial charge in [0.15, 0.2) is 5.60 Å². The number of rotatable bonds is 8. The third-order valence-electron chi connectivity index (χ3n) is 1.68. The number of hydrogen-bond acceptors (Lipinski definition) is 7. The van der Waals surface area contributed by atoms with Crippen LogP contribution in [0.4, 0.5) is 0 Å². The second kappa shape index (κ2) is 6.78. The van der Waals surface area contributed by atoms with Crippen LogP contribution in [-0.2, 0) is 19.2 Å². The van der Waals surface area contributed by atoms with Crippen molar-refractivity contribution in [2.45, 2.75) is 18.4 Å². The number of hydroxylamine groups is 1. The minimum absolute atomic E-state index is 0.0732. The minimum atomic E-state index is -2.72. The molecule has 0 heterocycles. The summed E-state index contributed by atoms with van der Waals surface area (Å²) in [5, 5.41) is 34.8. The van der Waals surface area contributed by atoms with Crippen molar-refractivity contribution < 1.29 is 39.6 Å². The summed E-state index contributed by atoms with van der Waals surface area (Å²) in [4.78, 5) is 36.3. The molecule has 98 valence electrons. The average Bonchev–Trinajstić information content (AvgIpc) is 2.16. The fraction of sp³-hybridized carbons (Fsp3) is 0.625. The van der Waals surface area contributed by atoms with E-state index in [9.17, 15) is 19.5 Å². The second-order valence-corrected chi connectivity index (χ2v) is 3.18. The van der Waals surface area contributed by atoms with E-state index in [0.29, 0.717) is 0 Å². The zero-order valence-electron chi connectivity index (χ0n) is 8.75. The number of aliphatic hydroxyl groups excluding tert-OH is 1. The van der Waals surface area contributed by atoms with Crippen LogP contribution in [0.5, 0.6) is 0 Å². The zero-order valence-corrected chi connectivity index (χ0v) is 8.75. The van der Waals surface area contributed by atoms with Crippen LogP contribution in [0.25, 0.3) is 0 Å². The van der Waals surface area contributed by atoms with Crippen LogP contribution < -0.4 is 5.48 Å². The van der Waals surface area contributed by atoms with Crippen molar-refractivity contribution in [2.24, 2.45) is 0 Å². The number of hydrogen-bond donors (Lipinski definition) is 5. The largest absolute Gasteiger partial charge is 0.481 e. The quantitative estimate of drug-likeness (QED) is 0.237. The van der Waals surface area contributed by atoms with E-state index in [-0.39, 0.29) is 13.2 Å². The van der Waals surface area contributed by atoms with Gasteiger partial charge < -0.3 is 25.3 Å². The fourth-order valence-electron chi connectivity index (χ4n) is 0.916. The molecule has 0 spiro atoms. The van der Waals surface area contributed by atoms with E-state index >= 15 is 0 Å². The van der Waals surface area contributed by atoms with E-state index in [2.05, 4.69) is 4.84 Å². The van der Waals surface area contributed by atoms with Gasteiger partial charge in [0.25, 0.3) is 0 Å². The van der Waals surface area contributed by atoms with Crippen LogP contribution in [0, 0.1) is 0 Å². The number of carboxylic acid groups (broad SMARTS) is 2. The van der Waals surface area contributed by atoms with Gasteiger partial charge in [0, 0.05) is 0 Å². The third kappa shape index (κ3) is 5.80. The predicted molar refractivity (Wildman–Crippen MR) is 50.6 cm³/mol. The highest BCUT2D eigenvalue weighted by Crippen LogP contribution is 2.16. The van der Waals surface area contributed by atoms with Crippen molar-refractivity contribution >= 4 is 17.9 Å². The van der Waals surface area contributed by atoms with Crippen molar-refractivity contribution in [3.63, 3.8) is 0 Å². The number of carbonyl (C=O) groups excluding carboxylic acids is 1. The molecular formula is C8H13NO8. The fourth-order valence-corrected chi connectivity index (χ4v) is 0.916. The summed E-state index contributed by atoms with van der Waals surface area (Å²) < 4.78 is 0. The van der Waals surface area contributed by atoms with E-state index in [1.165, 1.54) is 0 Å². The Hall–Kier alpha value is -1.71. The Morgan fingerprint density at radius 1 is 1.18 bits per heavy atom. The Kier molecular flexibility index (Phi) is 6.10. The van der Waals surface area contributed by atoms with Gasteiger partial charge in [-0.15, -0.1) is 0 Å². The molecule has 9 heteroatoms. The van der Waals surface area contributed by atoms with Gasteiger partial charge >= 0.3 is 17.9 Å². The first-order chi connectivity index (χ1) is 7.81.